The van der Waals surface area contributed by atoms with Gasteiger partial charge in [-0.15, -0.1) is 0 Å². The van der Waals surface area contributed by atoms with Gasteiger partial charge in [-0.25, -0.2) is 0 Å². The van der Waals surface area contributed by atoms with Gasteiger partial charge in [-0.1, -0.05) is 36.8 Å². The molecule has 26 heavy (non-hydrogen) atoms. The number of benzene rings is 1. The molecular weight excluding hydrogens is 328 g/mol. The predicted molar refractivity (Wildman–Crippen MR) is 100 cm³/mol. The Morgan fingerprint density at radius 2 is 1.85 bits per heavy atom. The second-order valence-electron chi connectivity index (χ2n) is 7.55. The molecule has 2 amide bonds. The molecule has 1 aromatic carbocycles. The quantitative estimate of drug-likeness (QED) is 0.704. The summed E-state index contributed by atoms with van der Waals surface area (Å²) in [5, 5.41) is 0. The molecule has 5 heteroatoms. The molecule has 0 spiro atoms. The first-order valence-corrected chi connectivity index (χ1v) is 9.70. The van der Waals surface area contributed by atoms with Gasteiger partial charge in [0.15, 0.2) is 0 Å². The molecule has 142 valence electrons. The average Bonchev–Trinajstić information content (AvgIpc) is 3.20. The molecule has 2 fully saturated rings. The fourth-order valence-corrected chi connectivity index (χ4v) is 4.51. The van der Waals surface area contributed by atoms with Crippen molar-refractivity contribution in [2.45, 2.75) is 38.6 Å². The van der Waals surface area contributed by atoms with Gasteiger partial charge in [0.05, 0.1) is 6.04 Å². The van der Waals surface area contributed by atoms with Crippen LogP contribution >= 0.6 is 0 Å². The van der Waals surface area contributed by atoms with E-state index in [0.717, 1.165) is 45.5 Å². The fraction of sp³-hybridized carbons (Fsp3) is 0.619. The minimum Gasteiger partial charge on any atom is -0.385 e. The van der Waals surface area contributed by atoms with E-state index in [-0.39, 0.29) is 17.9 Å². The van der Waals surface area contributed by atoms with Crippen LogP contribution in [0.3, 0.4) is 0 Å². The third kappa shape index (κ3) is 4.09. The van der Waals surface area contributed by atoms with Gasteiger partial charge in [0.25, 0.3) is 0 Å². The molecule has 0 saturated carbocycles. The van der Waals surface area contributed by atoms with Gasteiger partial charge in [-0.2, -0.15) is 0 Å². The lowest BCUT2D eigenvalue weighted by Crippen LogP contribution is -2.36. The van der Waals surface area contributed by atoms with Gasteiger partial charge in [0, 0.05) is 58.5 Å². The molecule has 0 N–H and O–H groups in total. The second-order valence-corrected chi connectivity index (χ2v) is 7.55. The maximum atomic E-state index is 12.6. The van der Waals surface area contributed by atoms with Gasteiger partial charge in [0.1, 0.15) is 0 Å². The number of carbonyl (C=O) groups excluding carboxylic acids is 2. The first kappa shape index (κ1) is 18.9. The summed E-state index contributed by atoms with van der Waals surface area (Å²) in [5.41, 5.74) is 1.18. The molecule has 0 aromatic heterocycles. The van der Waals surface area contributed by atoms with Crippen molar-refractivity contribution in [2.75, 3.05) is 33.4 Å². The molecule has 1 aromatic rings. The van der Waals surface area contributed by atoms with E-state index in [1.165, 1.54) is 5.56 Å². The Morgan fingerprint density at radius 1 is 1.08 bits per heavy atom. The van der Waals surface area contributed by atoms with Crippen molar-refractivity contribution in [2.24, 2.45) is 11.8 Å². The zero-order valence-corrected chi connectivity index (χ0v) is 15.9. The van der Waals surface area contributed by atoms with E-state index in [4.69, 9.17) is 4.74 Å². The van der Waals surface area contributed by atoms with Gasteiger partial charge in [0.2, 0.25) is 11.8 Å². The molecule has 0 unspecified atom stereocenters. The van der Waals surface area contributed by atoms with E-state index in [9.17, 15) is 9.59 Å². The Balaban J connectivity index is 1.61. The molecule has 5 nitrogen and oxygen atoms in total. The van der Waals surface area contributed by atoms with Crippen molar-refractivity contribution >= 4 is 11.8 Å². The van der Waals surface area contributed by atoms with Crippen LogP contribution in [-0.2, 0) is 14.3 Å². The molecule has 2 heterocycles. The SMILES string of the molecule is COCCCCCC(=O)N1C[C@@H]2CN(C(C)=O)[C@@H](c3ccccc3)[C@@H]2C1. The minimum atomic E-state index is 0.0956. The Hall–Kier alpha value is -1.88. The van der Waals surface area contributed by atoms with Crippen molar-refractivity contribution < 1.29 is 14.3 Å². The highest BCUT2D eigenvalue weighted by molar-refractivity contribution is 5.77. The highest BCUT2D eigenvalue weighted by atomic mass is 16.5. The lowest BCUT2D eigenvalue weighted by molar-refractivity contribution is -0.131. The van der Waals surface area contributed by atoms with Crippen LogP contribution in [-0.4, -0.2) is 55.0 Å². The number of ether oxygens (including phenoxy) is 1. The first-order valence-electron chi connectivity index (χ1n) is 9.70. The number of hydrogen-bond acceptors (Lipinski definition) is 3. The Labute approximate surface area is 156 Å². The van der Waals surface area contributed by atoms with Crippen molar-refractivity contribution in [1.82, 2.24) is 9.80 Å². The summed E-state index contributed by atoms with van der Waals surface area (Å²) in [4.78, 5) is 28.7. The van der Waals surface area contributed by atoms with Crippen LogP contribution in [0.2, 0.25) is 0 Å². The van der Waals surface area contributed by atoms with E-state index < -0.39 is 0 Å². The standard InChI is InChI=1S/C21H30N2O3/c1-16(24)23-14-18-13-22(20(25)11-7-4-8-12-26-2)15-19(18)21(23)17-9-5-3-6-10-17/h3,5-6,9-10,18-19,21H,4,7-8,11-15H2,1-2H3/t18-,19-,21+/m1/s1. The molecule has 0 aliphatic carbocycles. The van der Waals surface area contributed by atoms with Crippen LogP contribution in [0.15, 0.2) is 30.3 Å². The lowest BCUT2D eigenvalue weighted by atomic mass is 9.89. The molecule has 2 aliphatic rings. The van der Waals surface area contributed by atoms with Gasteiger partial charge in [-0.05, 0) is 18.4 Å². The highest BCUT2D eigenvalue weighted by Crippen LogP contribution is 2.45. The maximum absolute atomic E-state index is 12.6. The summed E-state index contributed by atoms with van der Waals surface area (Å²) < 4.78 is 5.05. The maximum Gasteiger partial charge on any atom is 0.222 e. The smallest absolute Gasteiger partial charge is 0.222 e. The van der Waals surface area contributed by atoms with Crippen molar-refractivity contribution in [3.8, 4) is 0 Å². The Morgan fingerprint density at radius 3 is 2.54 bits per heavy atom. The number of hydrogen-bond donors (Lipinski definition) is 0. The van der Waals surface area contributed by atoms with E-state index >= 15 is 0 Å². The molecule has 3 atom stereocenters. The summed E-state index contributed by atoms with van der Waals surface area (Å²) in [5.74, 6) is 1.13. The molecule has 0 bridgehead atoms. The third-order valence-corrected chi connectivity index (χ3v) is 5.80. The van der Waals surface area contributed by atoms with Crippen LogP contribution < -0.4 is 0 Å². The van der Waals surface area contributed by atoms with E-state index in [1.807, 2.05) is 28.0 Å². The van der Waals surface area contributed by atoms with Crippen LogP contribution in [0.1, 0.15) is 44.2 Å². The highest BCUT2D eigenvalue weighted by Gasteiger charge is 2.49. The zero-order chi connectivity index (χ0) is 18.5. The van der Waals surface area contributed by atoms with E-state index in [2.05, 4.69) is 12.1 Å². The molecule has 0 radical (unpaired) electrons. The van der Waals surface area contributed by atoms with E-state index in [0.29, 0.717) is 18.3 Å². The number of fused-ring (bicyclic) bond motifs is 1. The van der Waals surface area contributed by atoms with E-state index in [1.54, 1.807) is 14.0 Å². The van der Waals surface area contributed by atoms with Crippen molar-refractivity contribution in [3.63, 3.8) is 0 Å². The van der Waals surface area contributed by atoms with Crippen LogP contribution in [0.25, 0.3) is 0 Å². The largest absolute Gasteiger partial charge is 0.385 e. The summed E-state index contributed by atoms with van der Waals surface area (Å²) in [6.45, 7) is 4.73. The third-order valence-electron chi connectivity index (χ3n) is 5.80. The van der Waals surface area contributed by atoms with Crippen LogP contribution in [0.5, 0.6) is 0 Å². The topological polar surface area (TPSA) is 49.9 Å². The zero-order valence-electron chi connectivity index (χ0n) is 15.9. The molecule has 2 aliphatic heterocycles. The summed E-state index contributed by atoms with van der Waals surface area (Å²) >= 11 is 0. The van der Waals surface area contributed by atoms with Crippen molar-refractivity contribution in [1.29, 1.82) is 0 Å². The Bertz CT molecular complexity index is 619. The monoisotopic (exact) mass is 358 g/mol. The number of carbonyl (C=O) groups is 2. The number of likely N-dealkylation sites (tertiary alicyclic amines) is 2. The summed E-state index contributed by atoms with van der Waals surface area (Å²) in [6, 6.07) is 10.4. The predicted octanol–water partition coefficient (Wildman–Crippen LogP) is 2.87. The number of amides is 2. The van der Waals surface area contributed by atoms with Gasteiger partial charge < -0.3 is 14.5 Å². The molecule has 2 saturated heterocycles. The molecular formula is C21H30N2O3. The fourth-order valence-electron chi connectivity index (χ4n) is 4.51. The summed E-state index contributed by atoms with van der Waals surface area (Å²) in [6.07, 6.45) is 3.59. The lowest BCUT2D eigenvalue weighted by Gasteiger charge is -2.29. The average molecular weight is 358 g/mol. The van der Waals surface area contributed by atoms with Gasteiger partial charge >= 0.3 is 0 Å². The number of rotatable bonds is 7. The van der Waals surface area contributed by atoms with Crippen molar-refractivity contribution in [3.05, 3.63) is 35.9 Å². The molecule has 3 rings (SSSR count). The minimum absolute atomic E-state index is 0.0956. The number of methoxy groups -OCH3 is 1. The van der Waals surface area contributed by atoms with Crippen LogP contribution in [0.4, 0.5) is 0 Å². The summed E-state index contributed by atoms with van der Waals surface area (Å²) in [7, 11) is 1.71. The second kappa shape index (κ2) is 8.67. The van der Waals surface area contributed by atoms with Crippen LogP contribution in [0, 0.1) is 11.8 Å². The number of unbranched alkanes of at least 4 members (excludes halogenated alkanes) is 2. The normalized spacial score (nSPS) is 24.8. The first-order chi connectivity index (χ1) is 12.6. The number of nitrogens with zero attached hydrogens (tertiary/aromatic N) is 2. The van der Waals surface area contributed by atoms with Gasteiger partial charge in [-0.3, -0.25) is 9.59 Å². The Kier molecular flexibility index (Phi) is 6.30.